The predicted molar refractivity (Wildman–Crippen MR) is 90.5 cm³/mol. The fourth-order valence-corrected chi connectivity index (χ4v) is 3.37. The number of aliphatic hydroxyl groups is 1. The number of carbonyl (C=O) groups is 1. The van der Waals surface area contributed by atoms with Crippen molar-refractivity contribution in [3.05, 3.63) is 71.2 Å². The first-order chi connectivity index (χ1) is 11.6. The van der Waals surface area contributed by atoms with Gasteiger partial charge >= 0.3 is 0 Å². The van der Waals surface area contributed by atoms with E-state index in [-0.39, 0.29) is 12.3 Å². The first-order valence-electron chi connectivity index (χ1n) is 8.08. The van der Waals surface area contributed by atoms with E-state index in [2.05, 4.69) is 4.98 Å². The summed E-state index contributed by atoms with van der Waals surface area (Å²) in [6.45, 7) is 2.89. The first-order valence-corrected chi connectivity index (χ1v) is 8.08. The van der Waals surface area contributed by atoms with Gasteiger partial charge in [0, 0.05) is 18.9 Å². The number of hydrogen-bond acceptors (Lipinski definition) is 3. The Hall–Kier alpha value is -2.66. The maximum Gasteiger partial charge on any atom is 0.228 e. The Balaban J connectivity index is 1.58. The van der Waals surface area contributed by atoms with Gasteiger partial charge in [-0.3, -0.25) is 4.79 Å². The summed E-state index contributed by atoms with van der Waals surface area (Å²) in [7, 11) is 0. The molecule has 0 saturated heterocycles. The topological polar surface area (TPSA) is 57.8 Å². The molecule has 2 aromatic heterocycles. The van der Waals surface area contributed by atoms with Crippen molar-refractivity contribution in [2.75, 3.05) is 6.54 Å². The van der Waals surface area contributed by atoms with Crippen LogP contribution >= 0.6 is 0 Å². The summed E-state index contributed by atoms with van der Waals surface area (Å²) in [6.07, 6.45) is 3.34. The van der Waals surface area contributed by atoms with Crippen molar-refractivity contribution in [2.24, 2.45) is 0 Å². The van der Waals surface area contributed by atoms with Crippen LogP contribution in [0, 0.1) is 6.92 Å². The molecule has 0 spiro atoms. The van der Waals surface area contributed by atoms with Crippen LogP contribution in [0.4, 0.5) is 0 Å². The molecule has 24 heavy (non-hydrogen) atoms. The maximum atomic E-state index is 12.7. The molecule has 1 N–H and O–H groups in total. The molecule has 0 bridgehead atoms. The number of pyridine rings is 1. The van der Waals surface area contributed by atoms with Crippen molar-refractivity contribution in [1.82, 2.24) is 14.3 Å². The molecule has 5 heteroatoms. The lowest BCUT2D eigenvalue weighted by Gasteiger charge is -2.32. The summed E-state index contributed by atoms with van der Waals surface area (Å²) < 4.78 is 1.96. The average molecular weight is 321 g/mol. The van der Waals surface area contributed by atoms with Crippen LogP contribution < -0.4 is 0 Å². The van der Waals surface area contributed by atoms with Crippen molar-refractivity contribution in [3.8, 4) is 0 Å². The highest BCUT2D eigenvalue weighted by Gasteiger charge is 2.26. The number of hydrogen-bond donors (Lipinski definition) is 1. The number of nitrogens with zero attached hydrogens (tertiary/aromatic N) is 3. The van der Waals surface area contributed by atoms with Crippen molar-refractivity contribution in [2.45, 2.75) is 26.0 Å². The Morgan fingerprint density at radius 1 is 1.29 bits per heavy atom. The lowest BCUT2D eigenvalue weighted by atomic mass is 9.97. The van der Waals surface area contributed by atoms with Gasteiger partial charge in [0.1, 0.15) is 5.65 Å². The Morgan fingerprint density at radius 2 is 2.12 bits per heavy atom. The molecule has 0 radical (unpaired) electrons. The number of β-amino-alcohol motifs (C(OH)–C–C–N with tert-alkyl or cyclic N) is 1. The number of imidazole rings is 1. The molecule has 1 aliphatic heterocycles. The van der Waals surface area contributed by atoms with Crippen LogP contribution in [-0.2, 0) is 17.8 Å². The van der Waals surface area contributed by atoms with E-state index in [0.29, 0.717) is 13.1 Å². The van der Waals surface area contributed by atoms with Gasteiger partial charge in [-0.05, 0) is 29.7 Å². The number of amides is 1. The smallest absolute Gasteiger partial charge is 0.228 e. The zero-order chi connectivity index (χ0) is 16.7. The number of rotatable bonds is 2. The van der Waals surface area contributed by atoms with Gasteiger partial charge in [0.05, 0.1) is 24.8 Å². The highest BCUT2D eigenvalue weighted by atomic mass is 16.3. The lowest BCUT2D eigenvalue weighted by Crippen LogP contribution is -2.39. The summed E-state index contributed by atoms with van der Waals surface area (Å²) in [5.74, 6) is 0.00635. The third kappa shape index (κ3) is 2.47. The fraction of sp³-hybridized carbons (Fsp3) is 0.263. The van der Waals surface area contributed by atoms with Crippen LogP contribution in [0.3, 0.4) is 0 Å². The second-order valence-electron chi connectivity index (χ2n) is 6.30. The zero-order valence-corrected chi connectivity index (χ0v) is 13.5. The summed E-state index contributed by atoms with van der Waals surface area (Å²) in [5, 5.41) is 10.3. The van der Waals surface area contributed by atoms with Crippen molar-refractivity contribution in [3.63, 3.8) is 0 Å². The highest BCUT2D eigenvalue weighted by molar-refractivity contribution is 5.79. The molecule has 0 aliphatic carbocycles. The summed E-state index contributed by atoms with van der Waals surface area (Å²) in [6, 6.07) is 11.7. The van der Waals surface area contributed by atoms with Gasteiger partial charge in [-0.2, -0.15) is 0 Å². The van der Waals surface area contributed by atoms with Crippen LogP contribution in [0.15, 0.2) is 48.8 Å². The van der Waals surface area contributed by atoms with E-state index in [1.807, 2.05) is 53.9 Å². The molecule has 3 heterocycles. The molecule has 4 rings (SSSR count). The number of aliphatic hydroxyl groups excluding tert-OH is 1. The molecule has 0 unspecified atom stereocenters. The van der Waals surface area contributed by atoms with E-state index in [9.17, 15) is 9.90 Å². The minimum Gasteiger partial charge on any atom is -0.387 e. The molecular weight excluding hydrogens is 302 g/mol. The van der Waals surface area contributed by atoms with E-state index in [4.69, 9.17) is 0 Å². The van der Waals surface area contributed by atoms with Crippen molar-refractivity contribution in [1.29, 1.82) is 0 Å². The minimum absolute atomic E-state index is 0.00635. The minimum atomic E-state index is -0.622. The second-order valence-corrected chi connectivity index (χ2v) is 6.30. The van der Waals surface area contributed by atoms with E-state index in [1.165, 1.54) is 0 Å². The van der Waals surface area contributed by atoms with Crippen LogP contribution in [0.25, 0.3) is 5.65 Å². The molecule has 1 aliphatic rings. The third-order valence-electron chi connectivity index (χ3n) is 4.66. The van der Waals surface area contributed by atoms with Gasteiger partial charge in [-0.25, -0.2) is 4.98 Å². The Labute approximate surface area is 140 Å². The molecule has 0 fully saturated rings. The van der Waals surface area contributed by atoms with Gasteiger partial charge in [0.2, 0.25) is 5.91 Å². The predicted octanol–water partition coefficient (Wildman–Crippen LogP) is 2.26. The molecule has 1 aromatic carbocycles. The van der Waals surface area contributed by atoms with E-state index >= 15 is 0 Å². The molecule has 5 nitrogen and oxygen atoms in total. The van der Waals surface area contributed by atoms with Crippen molar-refractivity contribution < 1.29 is 9.90 Å². The molecule has 1 atom stereocenters. The monoisotopic (exact) mass is 321 g/mol. The summed E-state index contributed by atoms with van der Waals surface area (Å²) in [4.78, 5) is 18.9. The number of benzene rings is 1. The van der Waals surface area contributed by atoms with Gasteiger partial charge in [-0.15, -0.1) is 0 Å². The SMILES string of the molecule is Cc1cccn2c(CC(=O)N3Cc4ccccc4[C@@H](O)C3)cnc12. The molecule has 3 aromatic rings. The molecular formula is C19H19N3O2. The maximum absolute atomic E-state index is 12.7. The summed E-state index contributed by atoms with van der Waals surface area (Å²) >= 11 is 0. The van der Waals surface area contributed by atoms with Gasteiger partial charge < -0.3 is 14.4 Å². The lowest BCUT2D eigenvalue weighted by molar-refractivity contribution is -0.133. The normalized spacial score (nSPS) is 17.1. The Morgan fingerprint density at radius 3 is 3.00 bits per heavy atom. The van der Waals surface area contributed by atoms with Crippen molar-refractivity contribution >= 4 is 11.6 Å². The van der Waals surface area contributed by atoms with Gasteiger partial charge in [0.25, 0.3) is 0 Å². The van der Waals surface area contributed by atoms with Crippen LogP contribution in [0.1, 0.15) is 28.5 Å². The van der Waals surface area contributed by atoms with E-state index in [1.54, 1.807) is 11.1 Å². The van der Waals surface area contributed by atoms with Gasteiger partial charge in [0.15, 0.2) is 0 Å². The van der Waals surface area contributed by atoms with E-state index < -0.39 is 6.10 Å². The molecule has 122 valence electrons. The quantitative estimate of drug-likeness (QED) is 0.788. The second kappa shape index (κ2) is 5.76. The standard InChI is InChI=1S/C19H19N3O2/c1-13-5-4-8-22-15(10-20-19(13)22)9-18(24)21-11-14-6-2-3-7-16(14)17(23)12-21/h2-8,10,17,23H,9,11-12H2,1H3/t17-/m0/s1. The number of aryl methyl sites for hydroxylation is 1. The molecule has 0 saturated carbocycles. The summed E-state index contributed by atoms with van der Waals surface area (Å²) in [5.41, 5.74) is 4.76. The third-order valence-corrected chi connectivity index (χ3v) is 4.66. The Bertz CT molecular complexity index is 916. The largest absolute Gasteiger partial charge is 0.387 e. The van der Waals surface area contributed by atoms with Crippen LogP contribution in [-0.4, -0.2) is 31.8 Å². The average Bonchev–Trinajstić information content (AvgIpc) is 2.99. The fourth-order valence-electron chi connectivity index (χ4n) is 3.37. The van der Waals surface area contributed by atoms with E-state index in [0.717, 1.165) is 28.0 Å². The highest BCUT2D eigenvalue weighted by Crippen LogP contribution is 2.26. The number of fused-ring (bicyclic) bond motifs is 2. The van der Waals surface area contributed by atoms with Crippen LogP contribution in [0.5, 0.6) is 0 Å². The zero-order valence-electron chi connectivity index (χ0n) is 13.5. The van der Waals surface area contributed by atoms with Gasteiger partial charge in [-0.1, -0.05) is 30.3 Å². The molecule has 1 amide bonds. The first kappa shape index (κ1) is 14.9. The van der Waals surface area contributed by atoms with Crippen LogP contribution in [0.2, 0.25) is 0 Å². The number of carbonyl (C=O) groups excluding carboxylic acids is 1. The number of aromatic nitrogens is 2. The Kier molecular flexibility index (Phi) is 3.58.